The highest BCUT2D eigenvalue weighted by Crippen LogP contribution is 2.68. The average Bonchev–Trinajstić information content (AvgIpc) is 3.73. The third kappa shape index (κ3) is 3.23. The standard InChI is InChI=1S/C39H30O2S2/c1-19(2)17-39(18-20(3)4)31-29-25-13-21-9-5-7-11-23(21)15-27(25)33(40)35(29)42-37(31)38-32(39)30-26-14-22-10-6-8-12-24(22)16-28(26)34(41)36(30)43-38/h5-16,19-20H,17-18H2,1-4H3. The minimum absolute atomic E-state index is 0.150. The summed E-state index contributed by atoms with van der Waals surface area (Å²) >= 11 is 3.35. The molecule has 4 aromatic carbocycles. The largest absolute Gasteiger partial charge is 0.288 e. The lowest BCUT2D eigenvalue weighted by Gasteiger charge is -2.36. The second-order valence-corrected chi connectivity index (χ2v) is 15.5. The van der Waals surface area contributed by atoms with Gasteiger partial charge in [0.25, 0.3) is 0 Å². The highest BCUT2D eigenvalue weighted by atomic mass is 32.1. The van der Waals surface area contributed by atoms with Crippen LogP contribution in [-0.2, 0) is 5.41 Å². The van der Waals surface area contributed by atoms with Gasteiger partial charge in [0, 0.05) is 27.7 Å². The smallest absolute Gasteiger partial charge is 0.204 e. The van der Waals surface area contributed by atoms with Crippen molar-refractivity contribution >= 4 is 55.8 Å². The van der Waals surface area contributed by atoms with Gasteiger partial charge in [-0.15, -0.1) is 22.7 Å². The Hall–Kier alpha value is -3.86. The molecule has 0 spiro atoms. The fourth-order valence-corrected chi connectivity index (χ4v) is 11.3. The van der Waals surface area contributed by atoms with Crippen molar-refractivity contribution in [3.63, 3.8) is 0 Å². The van der Waals surface area contributed by atoms with E-state index in [1.165, 1.54) is 31.7 Å². The number of hydrogen-bond donors (Lipinski definition) is 0. The van der Waals surface area contributed by atoms with Crippen LogP contribution in [0.5, 0.6) is 0 Å². The molecule has 0 N–H and O–H groups in total. The third-order valence-corrected chi connectivity index (χ3v) is 12.2. The lowest BCUT2D eigenvalue weighted by molar-refractivity contribution is 0.103. The number of carbonyl (C=O) groups excluding carboxylic acids is 2. The van der Waals surface area contributed by atoms with Gasteiger partial charge in [-0.05, 0) is 92.7 Å². The molecule has 210 valence electrons. The van der Waals surface area contributed by atoms with Crippen molar-refractivity contribution in [2.45, 2.75) is 46.0 Å². The van der Waals surface area contributed by atoms with Crippen LogP contribution in [0.1, 0.15) is 82.1 Å². The first kappa shape index (κ1) is 25.6. The molecule has 2 nitrogen and oxygen atoms in total. The molecule has 4 heteroatoms. The molecule has 0 amide bonds. The average molecular weight is 595 g/mol. The van der Waals surface area contributed by atoms with Gasteiger partial charge in [0.15, 0.2) is 0 Å². The predicted octanol–water partition coefficient (Wildman–Crippen LogP) is 10.9. The fourth-order valence-electron chi connectivity index (χ4n) is 8.45. The van der Waals surface area contributed by atoms with Crippen molar-refractivity contribution in [1.82, 2.24) is 0 Å². The van der Waals surface area contributed by atoms with Crippen LogP contribution in [-0.4, -0.2) is 11.6 Å². The number of ketones is 2. The summed E-state index contributed by atoms with van der Waals surface area (Å²) in [5.74, 6) is 1.17. The molecule has 2 aromatic heterocycles. The van der Waals surface area contributed by atoms with E-state index in [9.17, 15) is 9.59 Å². The van der Waals surface area contributed by atoms with E-state index in [1.807, 2.05) is 12.1 Å². The number of fused-ring (bicyclic) bond motifs is 13. The highest BCUT2D eigenvalue weighted by Gasteiger charge is 2.54. The topological polar surface area (TPSA) is 34.1 Å². The number of carbonyl (C=O) groups is 2. The molecule has 0 unspecified atom stereocenters. The Kier molecular flexibility index (Phi) is 5.13. The molecule has 0 aliphatic heterocycles. The highest BCUT2D eigenvalue weighted by molar-refractivity contribution is 7.25. The van der Waals surface area contributed by atoms with Crippen LogP contribution in [0.2, 0.25) is 0 Å². The van der Waals surface area contributed by atoms with Gasteiger partial charge in [-0.2, -0.15) is 0 Å². The maximum Gasteiger partial charge on any atom is 0.204 e. The van der Waals surface area contributed by atoms with E-state index in [2.05, 4.69) is 88.4 Å². The molecule has 3 aliphatic rings. The van der Waals surface area contributed by atoms with Gasteiger partial charge in [-0.25, -0.2) is 0 Å². The van der Waals surface area contributed by atoms with Gasteiger partial charge in [-0.1, -0.05) is 76.2 Å². The van der Waals surface area contributed by atoms with Gasteiger partial charge in [0.1, 0.15) is 0 Å². The number of thiophene rings is 2. The first-order valence-electron chi connectivity index (χ1n) is 15.3. The van der Waals surface area contributed by atoms with Gasteiger partial charge >= 0.3 is 0 Å². The molecular weight excluding hydrogens is 565 g/mol. The second-order valence-electron chi connectivity index (χ2n) is 13.4. The van der Waals surface area contributed by atoms with E-state index >= 15 is 0 Å². The molecule has 9 rings (SSSR count). The van der Waals surface area contributed by atoms with Crippen LogP contribution in [0.25, 0.3) is 53.6 Å². The van der Waals surface area contributed by atoms with Gasteiger partial charge in [0.05, 0.1) is 19.5 Å². The predicted molar refractivity (Wildman–Crippen MR) is 180 cm³/mol. The molecule has 3 aliphatic carbocycles. The SMILES string of the molecule is CC(C)CC1(CC(C)C)c2c(sc3c2-c2cc4ccccc4cc2C3=O)-c2sc3c(c21)-c1cc2ccccc2cc1C3=O. The normalized spacial score (nSPS) is 15.4. The molecule has 0 saturated heterocycles. The van der Waals surface area contributed by atoms with E-state index < -0.39 is 0 Å². The zero-order valence-corrected chi connectivity index (χ0v) is 26.3. The maximum absolute atomic E-state index is 14.0. The molecule has 0 bridgehead atoms. The molecule has 43 heavy (non-hydrogen) atoms. The monoisotopic (exact) mass is 594 g/mol. The van der Waals surface area contributed by atoms with Crippen LogP contribution in [0.3, 0.4) is 0 Å². The summed E-state index contributed by atoms with van der Waals surface area (Å²) in [6.45, 7) is 9.27. The summed E-state index contributed by atoms with van der Waals surface area (Å²) in [5, 5.41) is 4.55. The van der Waals surface area contributed by atoms with Crippen LogP contribution in [0, 0.1) is 11.8 Å². The molecule has 0 atom stereocenters. The summed E-state index contributed by atoms with van der Waals surface area (Å²) in [5.41, 5.74) is 8.58. The first-order chi connectivity index (χ1) is 20.8. The molecule has 6 aromatic rings. The van der Waals surface area contributed by atoms with Crippen LogP contribution in [0.4, 0.5) is 0 Å². The third-order valence-electron chi connectivity index (χ3n) is 9.71. The summed E-state index contributed by atoms with van der Waals surface area (Å²) in [4.78, 5) is 32.3. The zero-order valence-electron chi connectivity index (χ0n) is 24.6. The number of hydrogen-bond acceptors (Lipinski definition) is 4. The van der Waals surface area contributed by atoms with Crippen LogP contribution >= 0.6 is 22.7 Å². The molecular formula is C39H30O2S2. The zero-order chi connectivity index (χ0) is 29.4. The van der Waals surface area contributed by atoms with E-state index in [1.54, 1.807) is 22.7 Å². The Morgan fingerprint density at radius 1 is 0.535 bits per heavy atom. The van der Waals surface area contributed by atoms with E-state index in [-0.39, 0.29) is 17.0 Å². The minimum atomic E-state index is -0.276. The molecule has 0 fully saturated rings. The Balaban J connectivity index is 1.38. The second kappa shape index (κ2) is 8.62. The van der Waals surface area contributed by atoms with Crippen molar-refractivity contribution in [2.24, 2.45) is 11.8 Å². The minimum Gasteiger partial charge on any atom is -0.288 e. The van der Waals surface area contributed by atoms with Crippen molar-refractivity contribution in [1.29, 1.82) is 0 Å². The van der Waals surface area contributed by atoms with E-state index in [4.69, 9.17) is 0 Å². The maximum atomic E-state index is 14.0. The summed E-state index contributed by atoms with van der Waals surface area (Å²) < 4.78 is 0. The van der Waals surface area contributed by atoms with Gasteiger partial charge in [0.2, 0.25) is 11.6 Å². The lowest BCUT2D eigenvalue weighted by Crippen LogP contribution is -2.30. The fraction of sp³-hybridized carbons (Fsp3) is 0.231. The Morgan fingerprint density at radius 2 is 0.884 bits per heavy atom. The van der Waals surface area contributed by atoms with Gasteiger partial charge in [-0.3, -0.25) is 9.59 Å². The Morgan fingerprint density at radius 3 is 1.23 bits per heavy atom. The quantitative estimate of drug-likeness (QED) is 0.203. The van der Waals surface area contributed by atoms with Crippen molar-refractivity contribution in [2.75, 3.05) is 0 Å². The first-order valence-corrected chi connectivity index (χ1v) is 16.9. The Bertz CT molecular complexity index is 2080. The molecule has 0 saturated carbocycles. The summed E-state index contributed by atoms with van der Waals surface area (Å²) in [6, 6.07) is 25.4. The lowest BCUT2D eigenvalue weighted by atomic mass is 9.66. The summed E-state index contributed by atoms with van der Waals surface area (Å²) in [7, 11) is 0. The van der Waals surface area contributed by atoms with Crippen LogP contribution < -0.4 is 0 Å². The Labute approximate surface area is 259 Å². The number of benzene rings is 4. The summed E-state index contributed by atoms with van der Waals surface area (Å²) in [6.07, 6.45) is 1.96. The van der Waals surface area contributed by atoms with Crippen LogP contribution in [0.15, 0.2) is 72.8 Å². The number of rotatable bonds is 4. The molecule has 2 heterocycles. The molecule has 0 radical (unpaired) electrons. The van der Waals surface area contributed by atoms with Crippen molar-refractivity contribution in [3.8, 4) is 32.0 Å². The van der Waals surface area contributed by atoms with Crippen molar-refractivity contribution < 1.29 is 9.59 Å². The van der Waals surface area contributed by atoms with E-state index in [0.29, 0.717) is 11.8 Å². The van der Waals surface area contributed by atoms with Gasteiger partial charge < -0.3 is 0 Å². The van der Waals surface area contributed by atoms with E-state index in [0.717, 1.165) is 66.7 Å². The van der Waals surface area contributed by atoms with Crippen molar-refractivity contribution in [3.05, 3.63) is 105 Å².